The summed E-state index contributed by atoms with van der Waals surface area (Å²) in [4.78, 5) is 11.9. The van der Waals surface area contributed by atoms with E-state index < -0.39 is 6.29 Å². The van der Waals surface area contributed by atoms with Gasteiger partial charge in [-0.15, -0.1) is 0 Å². The summed E-state index contributed by atoms with van der Waals surface area (Å²) in [5, 5.41) is 9.92. The minimum absolute atomic E-state index is 0.304. The van der Waals surface area contributed by atoms with Gasteiger partial charge >= 0.3 is 5.97 Å². The second-order valence-corrected chi connectivity index (χ2v) is 4.82. The van der Waals surface area contributed by atoms with Crippen molar-refractivity contribution < 1.29 is 19.4 Å². The lowest BCUT2D eigenvalue weighted by atomic mass is 10.1. The molecular weight excluding hydrogens is 300 g/mol. The van der Waals surface area contributed by atoms with E-state index in [1.54, 1.807) is 24.3 Å². The summed E-state index contributed by atoms with van der Waals surface area (Å²) in [7, 11) is 0. The van der Waals surface area contributed by atoms with Crippen LogP contribution in [0.1, 0.15) is 23.2 Å². The van der Waals surface area contributed by atoms with Crippen LogP contribution < -0.4 is 0 Å². The van der Waals surface area contributed by atoms with Crippen molar-refractivity contribution in [3.05, 3.63) is 35.9 Å². The van der Waals surface area contributed by atoms with Gasteiger partial charge in [0.1, 0.15) is 12.2 Å². The van der Waals surface area contributed by atoms with Crippen molar-refractivity contribution in [2.24, 2.45) is 0 Å². The molecule has 1 fully saturated rings. The first-order chi connectivity index (χ1) is 8.70. The summed E-state index contributed by atoms with van der Waals surface area (Å²) in [6, 6.07) is 8.85. The fraction of sp³-hybridized carbons (Fsp3) is 0.462. The van der Waals surface area contributed by atoms with E-state index in [2.05, 4.69) is 15.9 Å². The SMILES string of the molecule is O=C(O[C@H]1CC[C@H](O)O[C@@H]1CBr)c1ccccc1. The van der Waals surface area contributed by atoms with Crippen molar-refractivity contribution in [2.75, 3.05) is 5.33 Å². The first kappa shape index (κ1) is 13.5. The number of benzene rings is 1. The molecule has 0 aromatic heterocycles. The fourth-order valence-corrected chi connectivity index (χ4v) is 2.47. The zero-order valence-corrected chi connectivity index (χ0v) is 11.4. The Bertz CT molecular complexity index is 395. The van der Waals surface area contributed by atoms with Crippen LogP contribution in [0.3, 0.4) is 0 Å². The minimum atomic E-state index is -0.765. The predicted molar refractivity (Wildman–Crippen MR) is 69.6 cm³/mol. The van der Waals surface area contributed by atoms with Crippen molar-refractivity contribution >= 4 is 21.9 Å². The van der Waals surface area contributed by atoms with Gasteiger partial charge in [-0.05, 0) is 18.6 Å². The molecular formula is C13H15BrO4. The summed E-state index contributed by atoms with van der Waals surface area (Å²) < 4.78 is 10.7. The quantitative estimate of drug-likeness (QED) is 0.685. The van der Waals surface area contributed by atoms with E-state index in [0.717, 1.165) is 0 Å². The molecule has 1 aliphatic rings. The number of ether oxygens (including phenoxy) is 2. The molecule has 1 saturated heterocycles. The molecule has 1 aromatic carbocycles. The number of esters is 1. The van der Waals surface area contributed by atoms with Crippen LogP contribution in [0.5, 0.6) is 0 Å². The van der Waals surface area contributed by atoms with E-state index in [4.69, 9.17) is 9.47 Å². The summed E-state index contributed by atoms with van der Waals surface area (Å²) in [6.45, 7) is 0. The van der Waals surface area contributed by atoms with Crippen LogP contribution in [-0.2, 0) is 9.47 Å². The van der Waals surface area contributed by atoms with E-state index in [0.29, 0.717) is 23.7 Å². The smallest absolute Gasteiger partial charge is 0.338 e. The maximum Gasteiger partial charge on any atom is 0.338 e. The van der Waals surface area contributed by atoms with Gasteiger partial charge in [0.2, 0.25) is 0 Å². The Labute approximate surface area is 114 Å². The van der Waals surface area contributed by atoms with Gasteiger partial charge in [-0.1, -0.05) is 34.1 Å². The molecule has 5 heteroatoms. The Kier molecular flexibility index (Phi) is 4.74. The molecule has 0 bridgehead atoms. The van der Waals surface area contributed by atoms with E-state index in [-0.39, 0.29) is 18.2 Å². The van der Waals surface area contributed by atoms with Crippen LogP contribution in [0.4, 0.5) is 0 Å². The number of hydrogen-bond acceptors (Lipinski definition) is 4. The molecule has 18 heavy (non-hydrogen) atoms. The molecule has 0 aliphatic carbocycles. The lowest BCUT2D eigenvalue weighted by Gasteiger charge is -2.32. The lowest BCUT2D eigenvalue weighted by molar-refractivity contribution is -0.191. The molecule has 0 saturated carbocycles. The van der Waals surface area contributed by atoms with Crippen LogP contribution in [0.2, 0.25) is 0 Å². The summed E-state index contributed by atoms with van der Waals surface area (Å²) >= 11 is 3.30. The van der Waals surface area contributed by atoms with E-state index in [1.165, 1.54) is 0 Å². The van der Waals surface area contributed by atoms with Crippen molar-refractivity contribution in [1.82, 2.24) is 0 Å². The lowest BCUT2D eigenvalue weighted by Crippen LogP contribution is -2.42. The van der Waals surface area contributed by atoms with Crippen molar-refractivity contribution in [3.63, 3.8) is 0 Å². The van der Waals surface area contributed by atoms with Gasteiger partial charge in [0.25, 0.3) is 0 Å². The van der Waals surface area contributed by atoms with Gasteiger partial charge in [0.15, 0.2) is 6.29 Å². The normalized spacial score (nSPS) is 27.8. The molecule has 0 amide bonds. The third-order valence-corrected chi connectivity index (χ3v) is 3.50. The van der Waals surface area contributed by atoms with Gasteiger partial charge in [-0.25, -0.2) is 4.79 Å². The summed E-state index contributed by atoms with van der Waals surface area (Å²) in [5.41, 5.74) is 0.525. The Hall–Kier alpha value is -0.910. The van der Waals surface area contributed by atoms with Crippen LogP contribution in [0.25, 0.3) is 0 Å². The second-order valence-electron chi connectivity index (χ2n) is 4.17. The van der Waals surface area contributed by atoms with Crippen molar-refractivity contribution in [3.8, 4) is 0 Å². The molecule has 1 heterocycles. The Morgan fingerprint density at radius 1 is 1.39 bits per heavy atom. The zero-order valence-electron chi connectivity index (χ0n) is 9.79. The van der Waals surface area contributed by atoms with Crippen LogP contribution >= 0.6 is 15.9 Å². The summed E-state index contributed by atoms with van der Waals surface area (Å²) in [5.74, 6) is -0.355. The molecule has 3 atom stereocenters. The summed E-state index contributed by atoms with van der Waals surface area (Å²) in [6.07, 6.45) is -0.298. The number of carbonyl (C=O) groups is 1. The van der Waals surface area contributed by atoms with Gasteiger partial charge in [-0.2, -0.15) is 0 Å². The van der Waals surface area contributed by atoms with E-state index in [9.17, 15) is 9.90 Å². The maximum atomic E-state index is 11.9. The Balaban J connectivity index is 1.98. The molecule has 1 aromatic rings. The highest BCUT2D eigenvalue weighted by Crippen LogP contribution is 2.23. The van der Waals surface area contributed by atoms with Crippen molar-refractivity contribution in [2.45, 2.75) is 31.3 Å². The Morgan fingerprint density at radius 3 is 2.78 bits per heavy atom. The first-order valence-electron chi connectivity index (χ1n) is 5.86. The Morgan fingerprint density at radius 2 is 2.11 bits per heavy atom. The maximum absolute atomic E-state index is 11.9. The average molecular weight is 315 g/mol. The monoisotopic (exact) mass is 314 g/mol. The van der Waals surface area contributed by atoms with Crippen LogP contribution in [0, 0.1) is 0 Å². The highest BCUT2D eigenvalue weighted by atomic mass is 79.9. The third-order valence-electron chi connectivity index (χ3n) is 2.86. The van der Waals surface area contributed by atoms with Gasteiger partial charge < -0.3 is 14.6 Å². The number of rotatable bonds is 3. The van der Waals surface area contributed by atoms with Gasteiger partial charge in [0, 0.05) is 11.8 Å². The number of carbonyl (C=O) groups excluding carboxylic acids is 1. The third kappa shape index (κ3) is 3.31. The predicted octanol–water partition coefficient (Wildman–Crippen LogP) is 2.10. The number of aliphatic hydroxyl groups is 1. The molecule has 2 rings (SSSR count). The van der Waals surface area contributed by atoms with Gasteiger partial charge in [-0.3, -0.25) is 0 Å². The molecule has 0 spiro atoms. The molecule has 0 unspecified atom stereocenters. The number of aliphatic hydroxyl groups excluding tert-OH is 1. The number of hydrogen-bond donors (Lipinski definition) is 1. The van der Waals surface area contributed by atoms with E-state index in [1.807, 2.05) is 6.07 Å². The highest BCUT2D eigenvalue weighted by molar-refractivity contribution is 9.09. The average Bonchev–Trinajstić information content (AvgIpc) is 2.41. The topological polar surface area (TPSA) is 55.8 Å². The van der Waals surface area contributed by atoms with Crippen LogP contribution in [0.15, 0.2) is 30.3 Å². The number of halogens is 1. The second kappa shape index (κ2) is 6.31. The highest BCUT2D eigenvalue weighted by Gasteiger charge is 2.32. The van der Waals surface area contributed by atoms with Crippen molar-refractivity contribution in [1.29, 1.82) is 0 Å². The number of alkyl halides is 1. The van der Waals surface area contributed by atoms with Crippen LogP contribution in [-0.4, -0.2) is 34.9 Å². The minimum Gasteiger partial charge on any atom is -0.456 e. The molecule has 0 radical (unpaired) electrons. The molecule has 1 N–H and O–H groups in total. The zero-order chi connectivity index (χ0) is 13.0. The van der Waals surface area contributed by atoms with E-state index >= 15 is 0 Å². The molecule has 1 aliphatic heterocycles. The van der Waals surface area contributed by atoms with Gasteiger partial charge in [0.05, 0.1) is 5.56 Å². The fourth-order valence-electron chi connectivity index (χ4n) is 1.90. The largest absolute Gasteiger partial charge is 0.456 e. The molecule has 98 valence electrons. The first-order valence-corrected chi connectivity index (χ1v) is 6.98. The molecule has 4 nitrogen and oxygen atoms in total. The standard InChI is InChI=1S/C13H15BrO4/c14-8-11-10(6-7-12(15)17-11)18-13(16)9-4-2-1-3-5-9/h1-5,10-12,15H,6-8H2/t10-,11+,12+/m0/s1.